The fourth-order valence-electron chi connectivity index (χ4n) is 3.23. The van der Waals surface area contributed by atoms with E-state index in [0.717, 1.165) is 18.6 Å². The number of hydrogen-bond acceptors (Lipinski definition) is 7. The average molecular weight is 410 g/mol. The minimum Gasteiger partial charge on any atom is -0.494 e. The molecule has 1 aliphatic rings. The van der Waals surface area contributed by atoms with Crippen molar-refractivity contribution in [2.45, 2.75) is 13.0 Å². The number of methoxy groups -OCH3 is 1. The highest BCUT2D eigenvalue weighted by atomic mass is 16.5. The number of ether oxygens (including phenoxy) is 3. The fourth-order valence-corrected chi connectivity index (χ4v) is 3.23. The number of pyridine rings is 1. The van der Waals surface area contributed by atoms with Crippen molar-refractivity contribution in [1.82, 2.24) is 20.3 Å². The Morgan fingerprint density at radius 3 is 3.07 bits per heavy atom. The average Bonchev–Trinajstić information content (AvgIpc) is 3.29. The number of rotatable bonds is 7. The fraction of sp³-hybridized carbons (Fsp3) is 0.333. The highest BCUT2D eigenvalue weighted by Crippen LogP contribution is 2.20. The number of nitrogens with zero attached hydrogens (tertiary/aromatic N) is 2. The predicted molar refractivity (Wildman–Crippen MR) is 109 cm³/mol. The standard InChI is InChI=1S/C21H22N4O5/c1-28-16-4-2-3-15-18(16)24-19(25-20(15)26)21(27)23-10-13-5-7-22-17(9-13)30-12-14-6-8-29-11-14/h2-5,7,9,14H,6,8,10-12H2,1H3,(H,23,27)(H,24,25,26). The largest absolute Gasteiger partial charge is 0.494 e. The van der Waals surface area contributed by atoms with E-state index in [1.807, 2.05) is 0 Å². The van der Waals surface area contributed by atoms with Crippen molar-refractivity contribution in [3.8, 4) is 11.6 Å². The van der Waals surface area contributed by atoms with Crippen LogP contribution in [0.2, 0.25) is 0 Å². The highest BCUT2D eigenvalue weighted by molar-refractivity contribution is 5.93. The van der Waals surface area contributed by atoms with Gasteiger partial charge in [0.25, 0.3) is 11.5 Å². The molecule has 3 aromatic rings. The number of aromatic amines is 1. The number of hydrogen-bond donors (Lipinski definition) is 2. The van der Waals surface area contributed by atoms with Crippen LogP contribution in [0.4, 0.5) is 0 Å². The monoisotopic (exact) mass is 410 g/mol. The Kier molecular flexibility index (Phi) is 5.89. The maximum absolute atomic E-state index is 12.6. The third-order valence-electron chi connectivity index (χ3n) is 4.88. The maximum Gasteiger partial charge on any atom is 0.287 e. The number of fused-ring (bicyclic) bond motifs is 1. The third-order valence-corrected chi connectivity index (χ3v) is 4.88. The number of amides is 1. The summed E-state index contributed by atoms with van der Waals surface area (Å²) in [5.74, 6) is 0.723. The zero-order valence-electron chi connectivity index (χ0n) is 16.5. The lowest BCUT2D eigenvalue weighted by molar-refractivity contribution is 0.0940. The van der Waals surface area contributed by atoms with Crippen LogP contribution in [0.1, 0.15) is 22.6 Å². The molecule has 1 saturated heterocycles. The van der Waals surface area contributed by atoms with Crippen LogP contribution in [0.15, 0.2) is 41.3 Å². The van der Waals surface area contributed by atoms with E-state index in [1.54, 1.807) is 36.5 Å². The van der Waals surface area contributed by atoms with Crippen molar-refractivity contribution in [1.29, 1.82) is 0 Å². The summed E-state index contributed by atoms with van der Waals surface area (Å²) in [4.78, 5) is 35.8. The van der Waals surface area contributed by atoms with Crippen molar-refractivity contribution in [2.24, 2.45) is 5.92 Å². The Hall–Kier alpha value is -3.46. The molecule has 0 saturated carbocycles. The second-order valence-electron chi connectivity index (χ2n) is 7.00. The number of carbonyl (C=O) groups is 1. The molecule has 30 heavy (non-hydrogen) atoms. The van der Waals surface area contributed by atoms with Crippen LogP contribution in [0.5, 0.6) is 11.6 Å². The van der Waals surface area contributed by atoms with Crippen LogP contribution in [-0.2, 0) is 11.3 Å². The topological polar surface area (TPSA) is 115 Å². The summed E-state index contributed by atoms with van der Waals surface area (Å²) < 4.78 is 16.3. The minimum atomic E-state index is -0.498. The van der Waals surface area contributed by atoms with Gasteiger partial charge in [-0.05, 0) is 30.2 Å². The van der Waals surface area contributed by atoms with E-state index in [-0.39, 0.29) is 12.4 Å². The van der Waals surface area contributed by atoms with Gasteiger partial charge in [-0.2, -0.15) is 0 Å². The van der Waals surface area contributed by atoms with Crippen molar-refractivity contribution < 1.29 is 19.0 Å². The maximum atomic E-state index is 12.6. The van der Waals surface area contributed by atoms with E-state index >= 15 is 0 Å². The van der Waals surface area contributed by atoms with Crippen molar-refractivity contribution in [2.75, 3.05) is 26.9 Å². The van der Waals surface area contributed by atoms with E-state index in [1.165, 1.54) is 7.11 Å². The molecule has 2 aromatic heterocycles. The smallest absolute Gasteiger partial charge is 0.287 e. The number of nitrogens with one attached hydrogen (secondary N) is 2. The Morgan fingerprint density at radius 2 is 2.27 bits per heavy atom. The molecule has 156 valence electrons. The summed E-state index contributed by atoms with van der Waals surface area (Å²) in [5, 5.41) is 3.11. The predicted octanol–water partition coefficient (Wildman–Crippen LogP) is 1.67. The number of benzene rings is 1. The van der Waals surface area contributed by atoms with Crippen LogP contribution >= 0.6 is 0 Å². The molecule has 4 rings (SSSR count). The van der Waals surface area contributed by atoms with Gasteiger partial charge in [0.05, 0.1) is 25.7 Å². The van der Waals surface area contributed by atoms with Crippen LogP contribution in [0, 0.1) is 5.92 Å². The van der Waals surface area contributed by atoms with E-state index in [0.29, 0.717) is 41.7 Å². The number of carbonyl (C=O) groups excluding carboxylic acids is 1. The molecule has 1 amide bonds. The van der Waals surface area contributed by atoms with E-state index in [4.69, 9.17) is 14.2 Å². The summed E-state index contributed by atoms with van der Waals surface area (Å²) in [7, 11) is 1.49. The van der Waals surface area contributed by atoms with Crippen molar-refractivity contribution in [3.63, 3.8) is 0 Å². The van der Waals surface area contributed by atoms with Crippen LogP contribution in [-0.4, -0.2) is 47.8 Å². The first-order valence-electron chi connectivity index (χ1n) is 9.65. The van der Waals surface area contributed by atoms with Gasteiger partial charge in [0, 0.05) is 31.3 Å². The highest BCUT2D eigenvalue weighted by Gasteiger charge is 2.17. The molecule has 2 N–H and O–H groups in total. The van der Waals surface area contributed by atoms with Crippen molar-refractivity contribution >= 4 is 16.8 Å². The Morgan fingerprint density at radius 1 is 1.37 bits per heavy atom. The second kappa shape index (κ2) is 8.91. The first-order chi connectivity index (χ1) is 14.6. The van der Waals surface area contributed by atoms with Gasteiger partial charge in [0.15, 0.2) is 5.82 Å². The molecule has 1 unspecified atom stereocenters. The molecule has 1 aromatic carbocycles. The lowest BCUT2D eigenvalue weighted by atomic mass is 10.1. The second-order valence-corrected chi connectivity index (χ2v) is 7.00. The molecule has 1 aliphatic heterocycles. The Bertz CT molecular complexity index is 1110. The first kappa shape index (κ1) is 19.8. The van der Waals surface area contributed by atoms with Crippen LogP contribution in [0.3, 0.4) is 0 Å². The summed E-state index contributed by atoms with van der Waals surface area (Å²) in [6.07, 6.45) is 2.61. The quantitative estimate of drug-likeness (QED) is 0.609. The van der Waals surface area contributed by atoms with Gasteiger partial charge >= 0.3 is 0 Å². The zero-order valence-corrected chi connectivity index (χ0v) is 16.5. The van der Waals surface area contributed by atoms with Gasteiger partial charge < -0.3 is 24.5 Å². The molecular weight excluding hydrogens is 388 g/mol. The van der Waals surface area contributed by atoms with Gasteiger partial charge in [-0.15, -0.1) is 0 Å². The molecule has 0 radical (unpaired) electrons. The van der Waals surface area contributed by atoms with Gasteiger partial charge in [0.1, 0.15) is 11.3 Å². The Labute approximate surface area is 172 Å². The summed E-state index contributed by atoms with van der Waals surface area (Å²) in [6, 6.07) is 8.57. The molecule has 1 atom stereocenters. The number of para-hydroxylation sites is 1. The van der Waals surface area contributed by atoms with E-state index in [9.17, 15) is 9.59 Å². The summed E-state index contributed by atoms with van der Waals surface area (Å²) in [6.45, 7) is 2.26. The minimum absolute atomic E-state index is 0.0798. The molecular formula is C21H22N4O5. The van der Waals surface area contributed by atoms with Gasteiger partial charge in [-0.25, -0.2) is 9.97 Å². The third kappa shape index (κ3) is 4.41. The SMILES string of the molecule is COc1cccc2c(=O)[nH]c(C(=O)NCc3ccnc(OCC4CCOC4)c3)nc12. The van der Waals surface area contributed by atoms with Crippen LogP contribution in [0.25, 0.3) is 10.9 Å². The molecule has 1 fully saturated rings. The summed E-state index contributed by atoms with van der Waals surface area (Å²) >= 11 is 0. The normalized spacial score (nSPS) is 15.8. The Balaban J connectivity index is 1.43. The molecule has 9 nitrogen and oxygen atoms in total. The lowest BCUT2D eigenvalue weighted by Gasteiger charge is -2.11. The molecule has 9 heteroatoms. The van der Waals surface area contributed by atoms with Crippen molar-refractivity contribution in [3.05, 3.63) is 58.3 Å². The van der Waals surface area contributed by atoms with Gasteiger partial charge in [-0.3, -0.25) is 9.59 Å². The molecule has 3 heterocycles. The molecule has 0 bridgehead atoms. The van der Waals surface area contributed by atoms with Crippen LogP contribution < -0.4 is 20.3 Å². The lowest BCUT2D eigenvalue weighted by Crippen LogP contribution is -2.27. The first-order valence-corrected chi connectivity index (χ1v) is 9.65. The molecule has 0 aliphatic carbocycles. The zero-order chi connectivity index (χ0) is 20.9. The number of aromatic nitrogens is 3. The summed E-state index contributed by atoms with van der Waals surface area (Å²) in [5.41, 5.74) is 0.751. The van der Waals surface area contributed by atoms with E-state index in [2.05, 4.69) is 20.3 Å². The molecule has 0 spiro atoms. The number of H-pyrrole nitrogens is 1. The van der Waals surface area contributed by atoms with Gasteiger partial charge in [-0.1, -0.05) is 6.07 Å². The van der Waals surface area contributed by atoms with E-state index < -0.39 is 11.5 Å². The van der Waals surface area contributed by atoms with Gasteiger partial charge in [0.2, 0.25) is 5.88 Å².